The van der Waals surface area contributed by atoms with Crippen LogP contribution in [0.5, 0.6) is 0 Å². The van der Waals surface area contributed by atoms with Crippen molar-refractivity contribution in [3.05, 3.63) is 22.9 Å². The minimum absolute atomic E-state index is 0.0804. The van der Waals surface area contributed by atoms with Gasteiger partial charge in [0.05, 0.1) is 6.61 Å². The highest BCUT2D eigenvalue weighted by atomic mass is 19.1. The predicted molar refractivity (Wildman–Crippen MR) is 55.9 cm³/mol. The number of halogens is 1. The van der Waals surface area contributed by atoms with E-state index in [1.165, 1.54) is 17.0 Å². The van der Waals surface area contributed by atoms with Gasteiger partial charge in [0.2, 0.25) is 0 Å². The van der Waals surface area contributed by atoms with Gasteiger partial charge in [0.25, 0.3) is 6.30 Å². The van der Waals surface area contributed by atoms with Crippen LogP contribution in [-0.4, -0.2) is 21.7 Å². The molecule has 0 aromatic carbocycles. The van der Waals surface area contributed by atoms with Crippen LogP contribution in [-0.2, 0) is 9.53 Å². The first-order chi connectivity index (χ1) is 7.49. The number of esters is 1. The van der Waals surface area contributed by atoms with E-state index in [0.717, 1.165) is 4.57 Å². The average Bonchev–Trinajstić information content (AvgIpc) is 2.59. The number of hydrogen-bond acceptors (Lipinski definition) is 3. The van der Waals surface area contributed by atoms with E-state index < -0.39 is 18.0 Å². The fraction of sp³-hybridized carbons (Fsp3) is 0.600. The van der Waals surface area contributed by atoms with Crippen molar-refractivity contribution in [1.82, 2.24) is 9.13 Å². The Kier molecular flexibility index (Phi) is 3.87. The number of aromatic nitrogens is 2. The summed E-state index contributed by atoms with van der Waals surface area (Å²) in [6.07, 6.45) is 0.607. The average molecular weight is 230 g/mol. The fourth-order valence-corrected chi connectivity index (χ4v) is 1.29. The molecular weight excluding hydrogens is 215 g/mol. The lowest BCUT2D eigenvalue weighted by Crippen LogP contribution is -2.30. The summed E-state index contributed by atoms with van der Waals surface area (Å²) in [5.74, 6) is -1.05. The van der Waals surface area contributed by atoms with Crippen molar-refractivity contribution in [2.24, 2.45) is 0 Å². The smallest absolute Gasteiger partial charge is 0.362 e. The van der Waals surface area contributed by atoms with Crippen LogP contribution in [0.1, 0.15) is 33.1 Å². The summed E-state index contributed by atoms with van der Waals surface area (Å²) < 4.78 is 20.1. The van der Waals surface area contributed by atoms with Gasteiger partial charge in [-0.15, -0.1) is 0 Å². The van der Waals surface area contributed by atoms with E-state index in [0.29, 0.717) is 0 Å². The number of hydrogen-bond donors (Lipinski definition) is 0. The first-order valence-corrected chi connectivity index (χ1v) is 5.08. The maximum atomic E-state index is 13.5. The summed E-state index contributed by atoms with van der Waals surface area (Å²) in [5, 5.41) is 0. The van der Waals surface area contributed by atoms with E-state index in [4.69, 9.17) is 0 Å². The molecule has 0 fully saturated rings. The molecular formula is C10H15FN2O3. The van der Waals surface area contributed by atoms with E-state index in [9.17, 15) is 14.0 Å². The molecule has 0 bridgehead atoms. The topological polar surface area (TPSA) is 53.2 Å². The van der Waals surface area contributed by atoms with Gasteiger partial charge < -0.3 is 4.74 Å². The minimum atomic E-state index is -2.08. The minimum Gasteiger partial charge on any atom is -0.462 e. The Morgan fingerprint density at radius 1 is 1.44 bits per heavy atom. The quantitative estimate of drug-likeness (QED) is 0.732. The zero-order valence-corrected chi connectivity index (χ0v) is 9.51. The second-order valence-electron chi connectivity index (χ2n) is 3.58. The lowest BCUT2D eigenvalue weighted by molar-refractivity contribution is -0.153. The Morgan fingerprint density at radius 3 is 2.44 bits per heavy atom. The van der Waals surface area contributed by atoms with E-state index in [1.54, 1.807) is 20.8 Å². The molecule has 0 N–H and O–H groups in total. The Balaban J connectivity index is 2.97. The van der Waals surface area contributed by atoms with Gasteiger partial charge in [-0.2, -0.15) is 0 Å². The van der Waals surface area contributed by atoms with Crippen LogP contribution in [0.15, 0.2) is 17.2 Å². The summed E-state index contributed by atoms with van der Waals surface area (Å²) >= 11 is 0. The van der Waals surface area contributed by atoms with Crippen LogP contribution in [0.25, 0.3) is 0 Å². The molecule has 0 amide bonds. The van der Waals surface area contributed by atoms with E-state index >= 15 is 0 Å². The Labute approximate surface area is 92.4 Å². The maximum absolute atomic E-state index is 13.5. The van der Waals surface area contributed by atoms with Gasteiger partial charge in [0.15, 0.2) is 0 Å². The summed E-state index contributed by atoms with van der Waals surface area (Å²) in [4.78, 5) is 22.7. The van der Waals surface area contributed by atoms with Gasteiger partial charge in [-0.25, -0.2) is 14.0 Å². The number of carbonyl (C=O) groups is 1. The molecule has 0 saturated heterocycles. The number of alkyl halides is 1. The van der Waals surface area contributed by atoms with E-state index in [-0.39, 0.29) is 12.6 Å². The molecule has 1 rings (SSSR count). The van der Waals surface area contributed by atoms with Gasteiger partial charge >= 0.3 is 11.7 Å². The molecule has 0 aliphatic heterocycles. The van der Waals surface area contributed by atoms with Gasteiger partial charge in [0, 0.05) is 18.4 Å². The second kappa shape index (κ2) is 4.96. The molecule has 0 aliphatic rings. The van der Waals surface area contributed by atoms with Crippen LogP contribution in [0, 0.1) is 0 Å². The first kappa shape index (κ1) is 12.5. The van der Waals surface area contributed by atoms with E-state index in [2.05, 4.69) is 4.74 Å². The summed E-state index contributed by atoms with van der Waals surface area (Å²) in [6, 6.07) is -0.0804. The lowest BCUT2D eigenvalue weighted by Gasteiger charge is -2.08. The number of ether oxygens (including phenoxy) is 1. The molecule has 0 radical (unpaired) electrons. The van der Waals surface area contributed by atoms with Crippen molar-refractivity contribution in [3.8, 4) is 0 Å². The Hall–Kier alpha value is -1.59. The van der Waals surface area contributed by atoms with Crippen LogP contribution in [0.4, 0.5) is 4.39 Å². The zero-order chi connectivity index (χ0) is 12.3. The highest BCUT2D eigenvalue weighted by Crippen LogP contribution is 2.09. The highest BCUT2D eigenvalue weighted by molar-refractivity contribution is 5.72. The largest absolute Gasteiger partial charge is 0.462 e. The SMILES string of the molecule is CCOC(=O)C(F)n1ccn(C(C)C)c1=O. The van der Waals surface area contributed by atoms with Crippen molar-refractivity contribution in [2.45, 2.75) is 33.1 Å². The van der Waals surface area contributed by atoms with Gasteiger partial charge in [-0.3, -0.25) is 9.13 Å². The number of rotatable bonds is 4. The van der Waals surface area contributed by atoms with Crippen molar-refractivity contribution < 1.29 is 13.9 Å². The number of carbonyl (C=O) groups excluding carboxylic acids is 1. The van der Waals surface area contributed by atoms with Crippen molar-refractivity contribution in [2.75, 3.05) is 6.61 Å². The molecule has 0 spiro atoms. The molecule has 0 aliphatic carbocycles. The Morgan fingerprint density at radius 2 is 2.00 bits per heavy atom. The lowest BCUT2D eigenvalue weighted by atomic mass is 10.4. The van der Waals surface area contributed by atoms with Gasteiger partial charge in [0.1, 0.15) is 0 Å². The molecule has 90 valence electrons. The zero-order valence-electron chi connectivity index (χ0n) is 9.51. The van der Waals surface area contributed by atoms with Crippen LogP contribution in [0.2, 0.25) is 0 Å². The third kappa shape index (κ3) is 2.32. The summed E-state index contributed by atoms with van der Waals surface area (Å²) in [5.41, 5.74) is -0.560. The van der Waals surface area contributed by atoms with Gasteiger partial charge in [-0.1, -0.05) is 0 Å². The fourth-order valence-electron chi connectivity index (χ4n) is 1.29. The molecule has 1 aromatic rings. The monoisotopic (exact) mass is 230 g/mol. The van der Waals surface area contributed by atoms with Crippen LogP contribution < -0.4 is 5.69 Å². The molecule has 6 heteroatoms. The molecule has 1 aromatic heterocycles. The molecule has 1 heterocycles. The Bertz CT molecular complexity index is 422. The molecule has 16 heavy (non-hydrogen) atoms. The summed E-state index contributed by atoms with van der Waals surface area (Å²) in [7, 11) is 0. The molecule has 1 atom stereocenters. The summed E-state index contributed by atoms with van der Waals surface area (Å²) in [6.45, 7) is 5.25. The van der Waals surface area contributed by atoms with Crippen molar-refractivity contribution >= 4 is 5.97 Å². The predicted octanol–water partition coefficient (Wildman–Crippen LogP) is 1.26. The van der Waals surface area contributed by atoms with Crippen molar-refractivity contribution in [3.63, 3.8) is 0 Å². The number of imidazole rings is 1. The molecule has 5 nitrogen and oxygen atoms in total. The third-order valence-corrected chi connectivity index (χ3v) is 2.11. The third-order valence-electron chi connectivity index (χ3n) is 2.11. The normalized spacial score (nSPS) is 12.8. The first-order valence-electron chi connectivity index (χ1n) is 5.08. The second-order valence-corrected chi connectivity index (χ2v) is 3.58. The highest BCUT2D eigenvalue weighted by Gasteiger charge is 2.23. The molecule has 1 unspecified atom stereocenters. The van der Waals surface area contributed by atoms with Gasteiger partial charge in [-0.05, 0) is 20.8 Å². The maximum Gasteiger partial charge on any atom is 0.362 e. The van der Waals surface area contributed by atoms with E-state index in [1.807, 2.05) is 0 Å². The van der Waals surface area contributed by atoms with Crippen molar-refractivity contribution in [1.29, 1.82) is 0 Å². The van der Waals surface area contributed by atoms with Crippen LogP contribution in [0.3, 0.4) is 0 Å². The standard InChI is InChI=1S/C10H15FN2O3/c1-4-16-9(14)8(11)13-6-5-12(7(2)3)10(13)15/h5-8H,4H2,1-3H3. The number of nitrogens with zero attached hydrogens (tertiary/aromatic N) is 2. The van der Waals surface area contributed by atoms with Crippen LogP contribution >= 0.6 is 0 Å². The molecule has 0 saturated carbocycles.